The summed E-state index contributed by atoms with van der Waals surface area (Å²) in [5.74, 6) is 0. The van der Waals surface area contributed by atoms with E-state index in [1.807, 2.05) is 13.8 Å². The van der Waals surface area contributed by atoms with Gasteiger partial charge < -0.3 is 15.6 Å². The normalized spacial score (nSPS) is 32.7. The number of hydrogen-bond acceptors (Lipinski definition) is 3. The third kappa shape index (κ3) is 1.41. The van der Waals surface area contributed by atoms with Crippen LogP contribution in [0, 0.1) is 5.41 Å². The highest BCUT2D eigenvalue weighted by atomic mass is 16.5. The summed E-state index contributed by atoms with van der Waals surface area (Å²) in [6.45, 7) is 5.52. The molecule has 3 N–H and O–H groups in total. The van der Waals surface area contributed by atoms with Crippen LogP contribution >= 0.6 is 0 Å². The minimum absolute atomic E-state index is 0.233. The van der Waals surface area contributed by atoms with E-state index in [-0.39, 0.29) is 5.41 Å². The summed E-state index contributed by atoms with van der Waals surface area (Å²) in [5.41, 5.74) is 4.62. The van der Waals surface area contributed by atoms with Gasteiger partial charge in [-0.25, -0.2) is 0 Å². The molecule has 0 aliphatic carbocycles. The molecule has 1 saturated heterocycles. The van der Waals surface area contributed by atoms with Crippen molar-refractivity contribution >= 4 is 0 Å². The topological polar surface area (TPSA) is 55.5 Å². The fourth-order valence-corrected chi connectivity index (χ4v) is 1.28. The lowest BCUT2D eigenvalue weighted by molar-refractivity contribution is -0.0648. The van der Waals surface area contributed by atoms with Gasteiger partial charge in [-0.05, 0) is 0 Å². The molecule has 0 unspecified atom stereocenters. The average molecular weight is 159 g/mol. The van der Waals surface area contributed by atoms with Gasteiger partial charge in [0.2, 0.25) is 0 Å². The highest BCUT2D eigenvalue weighted by Crippen LogP contribution is 2.36. The molecule has 0 aromatic rings. The third-order valence-electron chi connectivity index (χ3n) is 2.77. The molecule has 0 amide bonds. The Balaban J connectivity index is 2.69. The van der Waals surface area contributed by atoms with Crippen LogP contribution in [-0.4, -0.2) is 30.5 Å². The molecule has 0 aromatic heterocycles. The molecule has 0 saturated carbocycles. The van der Waals surface area contributed by atoms with Crippen LogP contribution in [0.25, 0.3) is 0 Å². The van der Waals surface area contributed by atoms with Gasteiger partial charge in [-0.3, -0.25) is 0 Å². The van der Waals surface area contributed by atoms with Crippen LogP contribution in [0.1, 0.15) is 20.3 Å². The quantitative estimate of drug-likeness (QED) is 0.602. The van der Waals surface area contributed by atoms with Crippen LogP contribution in [0.2, 0.25) is 0 Å². The number of hydrogen-bond donors (Lipinski definition) is 2. The summed E-state index contributed by atoms with van der Waals surface area (Å²) in [6.07, 6.45) is 0.706. The van der Waals surface area contributed by atoms with Crippen LogP contribution in [0.15, 0.2) is 0 Å². The monoisotopic (exact) mass is 159 g/mol. The van der Waals surface area contributed by atoms with E-state index in [0.29, 0.717) is 26.2 Å². The predicted molar refractivity (Wildman–Crippen MR) is 43.2 cm³/mol. The molecule has 1 aliphatic heterocycles. The number of ether oxygens (including phenoxy) is 1. The molecular weight excluding hydrogens is 142 g/mol. The van der Waals surface area contributed by atoms with Crippen LogP contribution in [-0.2, 0) is 4.74 Å². The van der Waals surface area contributed by atoms with Gasteiger partial charge in [0.1, 0.15) is 0 Å². The van der Waals surface area contributed by atoms with E-state index in [2.05, 4.69) is 0 Å². The Hall–Kier alpha value is -0.120. The lowest BCUT2D eigenvalue weighted by Gasteiger charge is -2.37. The summed E-state index contributed by atoms with van der Waals surface area (Å²) in [5, 5.41) is 10.0. The van der Waals surface area contributed by atoms with Crippen LogP contribution < -0.4 is 5.73 Å². The zero-order valence-corrected chi connectivity index (χ0v) is 7.26. The Labute approximate surface area is 67.5 Å². The zero-order chi connectivity index (χ0) is 8.54. The number of rotatable bonds is 2. The minimum atomic E-state index is -0.707. The maximum atomic E-state index is 10.0. The summed E-state index contributed by atoms with van der Waals surface area (Å²) in [7, 11) is 0. The Kier molecular flexibility index (Phi) is 2.23. The van der Waals surface area contributed by atoms with Gasteiger partial charge in [-0.1, -0.05) is 13.8 Å². The van der Waals surface area contributed by atoms with Gasteiger partial charge in [0.25, 0.3) is 0 Å². The fourth-order valence-electron chi connectivity index (χ4n) is 1.28. The largest absolute Gasteiger partial charge is 0.387 e. The molecule has 1 fully saturated rings. The second-order valence-electron chi connectivity index (χ2n) is 3.92. The number of aliphatic hydroxyl groups is 1. The lowest BCUT2D eigenvalue weighted by Crippen LogP contribution is -2.49. The van der Waals surface area contributed by atoms with Crippen LogP contribution in [0.5, 0.6) is 0 Å². The van der Waals surface area contributed by atoms with E-state index in [0.717, 1.165) is 0 Å². The SMILES string of the molecule is CC(C)(CN)[C@@]1(O)CCOC1. The number of nitrogens with two attached hydrogens (primary N) is 1. The molecule has 1 atom stereocenters. The maximum absolute atomic E-state index is 10.0. The van der Waals surface area contributed by atoms with Crippen molar-refractivity contribution in [1.29, 1.82) is 0 Å². The van der Waals surface area contributed by atoms with Crippen molar-refractivity contribution in [3.63, 3.8) is 0 Å². The van der Waals surface area contributed by atoms with E-state index in [4.69, 9.17) is 10.5 Å². The molecule has 0 bridgehead atoms. The van der Waals surface area contributed by atoms with E-state index < -0.39 is 5.60 Å². The summed E-state index contributed by atoms with van der Waals surface area (Å²) < 4.78 is 5.14. The van der Waals surface area contributed by atoms with Crippen LogP contribution in [0.3, 0.4) is 0 Å². The van der Waals surface area contributed by atoms with Gasteiger partial charge in [0, 0.05) is 25.0 Å². The highest BCUT2D eigenvalue weighted by molar-refractivity contribution is 4.96. The van der Waals surface area contributed by atoms with Gasteiger partial charge in [0.15, 0.2) is 0 Å². The lowest BCUT2D eigenvalue weighted by atomic mass is 9.74. The first-order chi connectivity index (χ1) is 5.02. The van der Waals surface area contributed by atoms with Crippen molar-refractivity contribution in [3.05, 3.63) is 0 Å². The summed E-state index contributed by atoms with van der Waals surface area (Å²) in [6, 6.07) is 0. The molecule has 1 heterocycles. The summed E-state index contributed by atoms with van der Waals surface area (Å²) >= 11 is 0. The average Bonchev–Trinajstić information content (AvgIpc) is 2.38. The Morgan fingerprint density at radius 2 is 2.27 bits per heavy atom. The third-order valence-corrected chi connectivity index (χ3v) is 2.77. The molecule has 3 nitrogen and oxygen atoms in total. The second-order valence-corrected chi connectivity index (χ2v) is 3.92. The van der Waals surface area contributed by atoms with Gasteiger partial charge in [0.05, 0.1) is 12.2 Å². The van der Waals surface area contributed by atoms with Crippen molar-refractivity contribution in [1.82, 2.24) is 0 Å². The second kappa shape index (κ2) is 2.73. The Morgan fingerprint density at radius 3 is 2.64 bits per heavy atom. The van der Waals surface area contributed by atoms with Gasteiger partial charge >= 0.3 is 0 Å². The molecule has 0 radical (unpaired) electrons. The van der Waals surface area contributed by atoms with E-state index in [9.17, 15) is 5.11 Å². The van der Waals surface area contributed by atoms with E-state index in [1.165, 1.54) is 0 Å². The summed E-state index contributed by atoms with van der Waals surface area (Å²) in [4.78, 5) is 0. The first-order valence-electron chi connectivity index (χ1n) is 4.02. The van der Waals surface area contributed by atoms with Crippen molar-refractivity contribution in [2.75, 3.05) is 19.8 Å². The van der Waals surface area contributed by atoms with E-state index in [1.54, 1.807) is 0 Å². The standard InChI is InChI=1S/C8H17NO2/c1-7(2,5-9)8(10)3-4-11-6-8/h10H,3-6,9H2,1-2H3/t8-/m1/s1. The molecule has 66 valence electrons. The predicted octanol–water partition coefficient (Wildman–Crippen LogP) is 0.123. The molecule has 1 rings (SSSR count). The molecule has 3 heteroatoms. The first-order valence-corrected chi connectivity index (χ1v) is 4.02. The molecule has 11 heavy (non-hydrogen) atoms. The molecule has 1 aliphatic rings. The van der Waals surface area contributed by atoms with Crippen molar-refractivity contribution in [3.8, 4) is 0 Å². The van der Waals surface area contributed by atoms with Gasteiger partial charge in [-0.15, -0.1) is 0 Å². The first kappa shape index (κ1) is 8.97. The highest BCUT2D eigenvalue weighted by Gasteiger charge is 2.45. The Morgan fingerprint density at radius 1 is 1.64 bits per heavy atom. The Bertz CT molecular complexity index is 139. The fraction of sp³-hybridized carbons (Fsp3) is 1.00. The zero-order valence-electron chi connectivity index (χ0n) is 7.26. The van der Waals surface area contributed by atoms with Gasteiger partial charge in [-0.2, -0.15) is 0 Å². The minimum Gasteiger partial charge on any atom is -0.387 e. The van der Waals surface area contributed by atoms with Crippen molar-refractivity contribution in [2.45, 2.75) is 25.9 Å². The van der Waals surface area contributed by atoms with Crippen molar-refractivity contribution in [2.24, 2.45) is 11.1 Å². The molecular formula is C8H17NO2. The van der Waals surface area contributed by atoms with E-state index >= 15 is 0 Å². The maximum Gasteiger partial charge on any atom is 0.0964 e. The smallest absolute Gasteiger partial charge is 0.0964 e. The van der Waals surface area contributed by atoms with Crippen molar-refractivity contribution < 1.29 is 9.84 Å². The molecule has 0 aromatic carbocycles. The van der Waals surface area contributed by atoms with Crippen LogP contribution in [0.4, 0.5) is 0 Å². The molecule has 0 spiro atoms.